The highest BCUT2D eigenvalue weighted by Crippen LogP contribution is 2.19. The van der Waals surface area contributed by atoms with Crippen molar-refractivity contribution in [2.45, 2.75) is 26.1 Å². The first-order chi connectivity index (χ1) is 9.52. The Labute approximate surface area is 116 Å². The van der Waals surface area contributed by atoms with Crippen molar-refractivity contribution in [2.75, 3.05) is 13.1 Å². The van der Waals surface area contributed by atoms with Crippen LogP contribution < -0.4 is 0 Å². The lowest BCUT2D eigenvalue weighted by Crippen LogP contribution is -2.48. The monoisotopic (exact) mass is 276 g/mol. The molecule has 0 radical (unpaired) electrons. The molecule has 2 atom stereocenters. The van der Waals surface area contributed by atoms with Gasteiger partial charge in [0.25, 0.3) is 5.91 Å². The van der Waals surface area contributed by atoms with Crippen molar-refractivity contribution in [3.05, 3.63) is 35.8 Å². The summed E-state index contributed by atoms with van der Waals surface area (Å²) in [6.45, 7) is 5.06. The van der Waals surface area contributed by atoms with Crippen molar-refractivity contribution in [1.82, 2.24) is 9.88 Å². The molecule has 1 aromatic heterocycles. The summed E-state index contributed by atoms with van der Waals surface area (Å²) >= 11 is 0. The van der Waals surface area contributed by atoms with Crippen LogP contribution in [0.15, 0.2) is 24.3 Å². The van der Waals surface area contributed by atoms with Gasteiger partial charge < -0.3 is 14.6 Å². The molecule has 0 unspecified atom stereocenters. The van der Waals surface area contributed by atoms with Gasteiger partial charge in [0.1, 0.15) is 11.5 Å². The number of carbonyl (C=O) groups excluding carboxylic acids is 1. The van der Waals surface area contributed by atoms with E-state index in [9.17, 15) is 9.18 Å². The van der Waals surface area contributed by atoms with Crippen LogP contribution in [0.25, 0.3) is 10.9 Å². The molecule has 2 heterocycles. The molecule has 1 N–H and O–H groups in total. The van der Waals surface area contributed by atoms with Gasteiger partial charge in [-0.15, -0.1) is 0 Å². The van der Waals surface area contributed by atoms with Gasteiger partial charge in [-0.25, -0.2) is 4.39 Å². The summed E-state index contributed by atoms with van der Waals surface area (Å²) in [6, 6.07) is 6.15. The average molecular weight is 276 g/mol. The van der Waals surface area contributed by atoms with Crippen molar-refractivity contribution in [2.24, 2.45) is 0 Å². The Hall–Kier alpha value is -1.88. The number of nitrogens with one attached hydrogen (secondary N) is 1. The van der Waals surface area contributed by atoms with E-state index in [0.29, 0.717) is 24.2 Å². The Morgan fingerprint density at radius 3 is 2.70 bits per heavy atom. The Bertz CT molecular complexity index is 642. The summed E-state index contributed by atoms with van der Waals surface area (Å²) in [5, 5.41) is 0.711. The van der Waals surface area contributed by atoms with Gasteiger partial charge in [0, 0.05) is 24.0 Å². The zero-order valence-electron chi connectivity index (χ0n) is 11.5. The van der Waals surface area contributed by atoms with Gasteiger partial charge in [-0.1, -0.05) is 0 Å². The lowest BCUT2D eigenvalue weighted by atomic mass is 10.2. The molecule has 0 spiro atoms. The molecule has 1 fully saturated rings. The molecule has 0 saturated carbocycles. The maximum absolute atomic E-state index is 13.2. The van der Waals surface area contributed by atoms with Crippen molar-refractivity contribution in [1.29, 1.82) is 0 Å². The van der Waals surface area contributed by atoms with Crippen LogP contribution in [0, 0.1) is 5.82 Å². The maximum atomic E-state index is 13.2. The first kappa shape index (κ1) is 13.1. The highest BCUT2D eigenvalue weighted by molar-refractivity contribution is 5.98. The molecular formula is C15H17FN2O2. The summed E-state index contributed by atoms with van der Waals surface area (Å²) in [5.41, 5.74) is 1.26. The predicted molar refractivity (Wildman–Crippen MR) is 74.2 cm³/mol. The largest absolute Gasteiger partial charge is 0.372 e. The van der Waals surface area contributed by atoms with E-state index in [4.69, 9.17) is 4.74 Å². The number of morpholine rings is 1. The van der Waals surface area contributed by atoms with Gasteiger partial charge in [-0.05, 0) is 38.1 Å². The number of carbonyl (C=O) groups is 1. The molecule has 2 aromatic rings. The van der Waals surface area contributed by atoms with Crippen LogP contribution in [0.3, 0.4) is 0 Å². The quantitative estimate of drug-likeness (QED) is 0.870. The summed E-state index contributed by atoms with van der Waals surface area (Å²) in [5.74, 6) is -0.368. The van der Waals surface area contributed by atoms with Crippen LogP contribution in [0.4, 0.5) is 4.39 Å². The number of nitrogens with zero attached hydrogens (tertiary/aromatic N) is 1. The standard InChI is InChI=1S/C15H17FN2O2/c1-9-7-18(8-10(2)20-9)15(19)14-6-11-5-12(16)3-4-13(11)17-14/h3-6,9-10,17H,7-8H2,1-2H3/t9-,10-/m1/s1. The Balaban J connectivity index is 1.88. The molecule has 1 aromatic carbocycles. The van der Waals surface area contributed by atoms with Crippen molar-refractivity contribution < 1.29 is 13.9 Å². The second kappa shape index (κ2) is 4.90. The van der Waals surface area contributed by atoms with E-state index in [1.807, 2.05) is 13.8 Å². The molecule has 20 heavy (non-hydrogen) atoms. The minimum Gasteiger partial charge on any atom is -0.372 e. The van der Waals surface area contributed by atoms with E-state index in [1.54, 1.807) is 17.0 Å². The Morgan fingerprint density at radius 1 is 1.30 bits per heavy atom. The zero-order chi connectivity index (χ0) is 14.3. The van der Waals surface area contributed by atoms with Crippen molar-refractivity contribution >= 4 is 16.8 Å². The number of ether oxygens (including phenoxy) is 1. The number of fused-ring (bicyclic) bond motifs is 1. The number of hydrogen-bond donors (Lipinski definition) is 1. The fraction of sp³-hybridized carbons (Fsp3) is 0.400. The van der Waals surface area contributed by atoms with E-state index in [0.717, 1.165) is 5.52 Å². The highest BCUT2D eigenvalue weighted by atomic mass is 19.1. The minimum atomic E-state index is -0.302. The van der Waals surface area contributed by atoms with Crippen molar-refractivity contribution in [3.63, 3.8) is 0 Å². The van der Waals surface area contributed by atoms with E-state index >= 15 is 0 Å². The molecule has 5 heteroatoms. The molecule has 1 amide bonds. The highest BCUT2D eigenvalue weighted by Gasteiger charge is 2.27. The number of H-pyrrole nitrogens is 1. The van der Waals surface area contributed by atoms with Gasteiger partial charge >= 0.3 is 0 Å². The van der Waals surface area contributed by atoms with E-state index in [-0.39, 0.29) is 23.9 Å². The maximum Gasteiger partial charge on any atom is 0.270 e. The van der Waals surface area contributed by atoms with Gasteiger partial charge in [0.2, 0.25) is 0 Å². The number of aromatic nitrogens is 1. The van der Waals surface area contributed by atoms with Gasteiger partial charge in [0.05, 0.1) is 12.2 Å². The third-order valence-electron chi connectivity index (χ3n) is 3.52. The first-order valence-corrected chi connectivity index (χ1v) is 6.76. The van der Waals surface area contributed by atoms with E-state index in [2.05, 4.69) is 4.98 Å². The number of hydrogen-bond acceptors (Lipinski definition) is 2. The van der Waals surface area contributed by atoms with Gasteiger partial charge in [-0.3, -0.25) is 4.79 Å². The molecular weight excluding hydrogens is 259 g/mol. The molecule has 4 nitrogen and oxygen atoms in total. The Morgan fingerprint density at radius 2 is 2.00 bits per heavy atom. The average Bonchev–Trinajstić information content (AvgIpc) is 2.79. The molecule has 0 aliphatic carbocycles. The first-order valence-electron chi connectivity index (χ1n) is 6.76. The summed E-state index contributed by atoms with van der Waals surface area (Å²) < 4.78 is 18.8. The van der Waals surface area contributed by atoms with Crippen LogP contribution in [0.5, 0.6) is 0 Å². The SMILES string of the molecule is C[C@@H]1CN(C(=O)c2cc3cc(F)ccc3[nH]2)C[C@@H](C)O1. The fourth-order valence-electron chi connectivity index (χ4n) is 2.73. The number of benzene rings is 1. The van der Waals surface area contributed by atoms with Crippen molar-refractivity contribution in [3.8, 4) is 0 Å². The third-order valence-corrected chi connectivity index (χ3v) is 3.52. The molecule has 1 saturated heterocycles. The predicted octanol–water partition coefficient (Wildman–Crippen LogP) is 2.56. The second-order valence-electron chi connectivity index (χ2n) is 5.38. The fourth-order valence-corrected chi connectivity index (χ4v) is 2.73. The van der Waals surface area contributed by atoms with Crippen LogP contribution in [0.1, 0.15) is 24.3 Å². The van der Waals surface area contributed by atoms with Crippen LogP contribution in [0.2, 0.25) is 0 Å². The lowest BCUT2D eigenvalue weighted by molar-refractivity contribution is -0.0587. The van der Waals surface area contributed by atoms with E-state index in [1.165, 1.54) is 12.1 Å². The summed E-state index contributed by atoms with van der Waals surface area (Å²) in [6.07, 6.45) is 0.0639. The number of halogens is 1. The minimum absolute atomic E-state index is 0.0320. The van der Waals surface area contributed by atoms with Gasteiger partial charge in [-0.2, -0.15) is 0 Å². The second-order valence-corrected chi connectivity index (χ2v) is 5.38. The summed E-state index contributed by atoms with van der Waals surface area (Å²) in [4.78, 5) is 17.3. The molecule has 1 aliphatic rings. The normalized spacial score (nSPS) is 23.2. The van der Waals surface area contributed by atoms with E-state index < -0.39 is 0 Å². The molecule has 0 bridgehead atoms. The smallest absolute Gasteiger partial charge is 0.270 e. The van der Waals surface area contributed by atoms with Crippen LogP contribution in [-0.4, -0.2) is 41.1 Å². The molecule has 1 aliphatic heterocycles. The third kappa shape index (κ3) is 2.41. The van der Waals surface area contributed by atoms with Crippen LogP contribution >= 0.6 is 0 Å². The summed E-state index contributed by atoms with van der Waals surface area (Å²) in [7, 11) is 0. The van der Waals surface area contributed by atoms with Gasteiger partial charge in [0.15, 0.2) is 0 Å². The lowest BCUT2D eigenvalue weighted by Gasteiger charge is -2.35. The van der Waals surface area contributed by atoms with Crippen LogP contribution in [-0.2, 0) is 4.74 Å². The number of rotatable bonds is 1. The number of amides is 1. The topological polar surface area (TPSA) is 45.3 Å². The number of aromatic amines is 1. The Kier molecular flexibility index (Phi) is 3.22. The molecule has 3 rings (SSSR count). The molecule has 106 valence electrons. The zero-order valence-corrected chi connectivity index (χ0v) is 11.5.